The molecule has 0 spiro atoms. The van der Waals surface area contributed by atoms with E-state index >= 15 is 0 Å². The van der Waals surface area contributed by atoms with Crippen LogP contribution >= 0.6 is 25.8 Å². The van der Waals surface area contributed by atoms with E-state index in [4.69, 9.17) is 54.9 Å². The summed E-state index contributed by atoms with van der Waals surface area (Å²) in [5, 5.41) is 0. The zero-order chi connectivity index (χ0) is 57.1. The molecule has 0 aromatic heterocycles. The monoisotopic (exact) mass is 1180 g/mol. The van der Waals surface area contributed by atoms with E-state index < -0.39 is 62.4 Å². The molecule has 2 unspecified atom stereocenters. The maximum absolute atomic E-state index is 7.54. The van der Waals surface area contributed by atoms with Gasteiger partial charge < -0.3 is 54.9 Å². The molecule has 1 aliphatic rings. The molecule has 9 aromatic rings. The van der Waals surface area contributed by atoms with Gasteiger partial charge in [0.25, 0.3) is 0 Å². The molecule has 1 aliphatic carbocycles. The first-order valence-corrected chi connectivity index (χ1v) is 31.3. The minimum Gasteiger partial charge on any atom is -0.368 e. The molecule has 84 heavy (non-hydrogen) atoms. The molecule has 0 aliphatic heterocycles. The van der Waals surface area contributed by atoms with Gasteiger partial charge in [0.05, 0.1) is 59.5 Å². The van der Waals surface area contributed by atoms with Crippen LogP contribution in [0.15, 0.2) is 273 Å². The van der Waals surface area contributed by atoms with Gasteiger partial charge >= 0.3 is 25.8 Å². The van der Waals surface area contributed by atoms with Crippen LogP contribution in [0.5, 0.6) is 0 Å². The van der Waals surface area contributed by atoms with Crippen molar-refractivity contribution in [3.8, 4) is 0 Å². The van der Waals surface area contributed by atoms with Crippen LogP contribution in [0.3, 0.4) is 0 Å². The second kappa shape index (κ2) is 34.1. The maximum atomic E-state index is 7.54. The van der Waals surface area contributed by atoms with Crippen LogP contribution in [0.25, 0.3) is 0 Å². The Labute approximate surface area is 497 Å². The zero-order valence-electron chi connectivity index (χ0n) is 46.5. The normalized spacial score (nSPS) is 17.9. The highest BCUT2D eigenvalue weighted by Crippen LogP contribution is 2.54. The molecule has 0 saturated heterocycles. The van der Waals surface area contributed by atoms with E-state index in [1.54, 1.807) is 0 Å². The van der Waals surface area contributed by atoms with E-state index in [2.05, 4.69) is 0 Å². The Morgan fingerprint density at radius 1 is 0.179 bits per heavy atom. The summed E-state index contributed by atoms with van der Waals surface area (Å²) in [5.41, 5.74) is 8.31. The van der Waals surface area contributed by atoms with Gasteiger partial charge in [0.15, 0.2) is 0 Å². The van der Waals surface area contributed by atoms with Gasteiger partial charge in [-0.25, -0.2) is 0 Å². The molecule has 6 atom stereocenters. The number of benzene rings is 9. The fraction of sp³-hybridized carbons (Fsp3) is 0.217. The van der Waals surface area contributed by atoms with Crippen molar-refractivity contribution in [1.82, 2.24) is 0 Å². The first-order valence-electron chi connectivity index (χ1n) is 28.0. The summed E-state index contributed by atoms with van der Waals surface area (Å²) < 4.78 is 85.4. The lowest BCUT2D eigenvalue weighted by atomic mass is 9.84. The van der Waals surface area contributed by atoms with Gasteiger partial charge in [-0.1, -0.05) is 273 Å². The third-order valence-corrected chi connectivity index (χ3v) is 16.8. The molecule has 0 heterocycles. The van der Waals surface area contributed by atoms with Crippen molar-refractivity contribution in [3.05, 3.63) is 323 Å². The predicted octanol–water partition coefficient (Wildman–Crippen LogP) is 16.9. The van der Waals surface area contributed by atoms with Crippen LogP contribution in [0.1, 0.15) is 50.1 Å². The molecule has 15 heteroatoms. The van der Waals surface area contributed by atoms with Gasteiger partial charge in [-0.3, -0.25) is 0 Å². The second-order valence-electron chi connectivity index (χ2n) is 19.7. The second-order valence-corrected chi connectivity index (χ2v) is 23.2. The lowest BCUT2D eigenvalue weighted by Gasteiger charge is -2.50. The summed E-state index contributed by atoms with van der Waals surface area (Å²) >= 11 is 0. The summed E-state index contributed by atoms with van der Waals surface area (Å²) in [7, 11) is -6.77. The molecule has 0 bridgehead atoms. The fourth-order valence-electron chi connectivity index (χ4n) is 9.15. The number of hydrogen-bond acceptors (Lipinski definition) is 12. The van der Waals surface area contributed by atoms with E-state index in [0.717, 1.165) is 50.1 Å². The summed E-state index contributed by atoms with van der Waals surface area (Å²) in [5.74, 6) is 0. The molecule has 9 aromatic carbocycles. The molecule has 432 valence electrons. The lowest BCUT2D eigenvalue weighted by molar-refractivity contribution is -0.253. The summed E-state index contributed by atoms with van der Waals surface area (Å²) in [4.78, 5) is 0. The van der Waals surface area contributed by atoms with Gasteiger partial charge in [0.1, 0.15) is 36.6 Å². The standard InChI is InChI=1S/C69H69O12P3/c1-10-28-55(29-11-1)46-70-64-65(71-47-56-30-12-2-13-31-56)67(79-82(73-49-58-34-16-4-17-35-58)74-50-59-36-18-5-19-37-59)69(81-84(77-53-62-42-24-8-25-43-62)78-54-63-44-26-9-27-45-63)68(66(64)72-48-57-32-14-3-15-33-57)80-83(75-51-60-38-20-6-21-39-60)76-52-61-40-22-7-23-41-61/h1-45,64-69H,46-54H2/t64?,65-,66+,67-,68-,69?/m1/s1. The highest BCUT2D eigenvalue weighted by molar-refractivity contribution is 7.42. The predicted molar refractivity (Wildman–Crippen MR) is 328 cm³/mol. The average molecular weight is 1180 g/mol. The summed E-state index contributed by atoms with van der Waals surface area (Å²) in [6, 6.07) is 89.6. The molecule has 12 nitrogen and oxygen atoms in total. The fourth-order valence-corrected chi connectivity index (χ4v) is 12.6. The van der Waals surface area contributed by atoms with Gasteiger partial charge in [-0.15, -0.1) is 0 Å². The number of hydrogen-bond donors (Lipinski definition) is 0. The Bertz CT molecular complexity index is 2900. The van der Waals surface area contributed by atoms with Crippen molar-refractivity contribution >= 4 is 25.8 Å². The molecule has 0 N–H and O–H groups in total. The van der Waals surface area contributed by atoms with Crippen LogP contribution in [-0.4, -0.2) is 36.6 Å². The lowest BCUT2D eigenvalue weighted by Crippen LogP contribution is -2.66. The Morgan fingerprint density at radius 2 is 0.321 bits per heavy atom. The molecular formula is C69H69O12P3. The van der Waals surface area contributed by atoms with Crippen molar-refractivity contribution in [3.63, 3.8) is 0 Å². The van der Waals surface area contributed by atoms with E-state index in [1.165, 1.54) is 0 Å². The largest absolute Gasteiger partial charge is 0.368 e. The van der Waals surface area contributed by atoms with Crippen LogP contribution in [0, 0.1) is 0 Å². The molecule has 1 saturated carbocycles. The topological polar surface area (TPSA) is 111 Å². The van der Waals surface area contributed by atoms with Crippen LogP contribution in [-0.2, 0) is 114 Å². The molecular weight excluding hydrogens is 1110 g/mol. The Balaban J connectivity index is 1.13. The van der Waals surface area contributed by atoms with Crippen molar-refractivity contribution < 1.29 is 54.9 Å². The van der Waals surface area contributed by atoms with Crippen molar-refractivity contribution in [2.45, 2.75) is 96.1 Å². The van der Waals surface area contributed by atoms with Crippen molar-refractivity contribution in [1.29, 1.82) is 0 Å². The molecule has 0 amide bonds. The van der Waals surface area contributed by atoms with Crippen LogP contribution < -0.4 is 0 Å². The Hall–Kier alpha value is -6.21. The third-order valence-electron chi connectivity index (χ3n) is 13.5. The highest BCUT2D eigenvalue weighted by atomic mass is 31.2. The Morgan fingerprint density at radius 3 is 0.500 bits per heavy atom. The first kappa shape index (κ1) is 60.9. The molecule has 0 radical (unpaired) electrons. The quantitative estimate of drug-likeness (QED) is 0.0365. The van der Waals surface area contributed by atoms with E-state index in [-0.39, 0.29) is 59.5 Å². The molecule has 10 rings (SSSR count). The summed E-state index contributed by atoms with van der Waals surface area (Å²) in [6.45, 7) is 1.50. The SMILES string of the molecule is c1ccc(COC2[C@@H](OCc3ccccc3)[C@@H](OP(OCc3ccccc3)OCc3ccccc3)C(OP(OCc3ccccc3)OCc3ccccc3)[C@H](OP(OCc3ccccc3)OCc3ccccc3)[C@H]2OCc2ccccc2)cc1. The summed E-state index contributed by atoms with van der Waals surface area (Å²) in [6.07, 6.45) is -6.32. The van der Waals surface area contributed by atoms with Crippen LogP contribution in [0.4, 0.5) is 0 Å². The van der Waals surface area contributed by atoms with Gasteiger partial charge in [0, 0.05) is 0 Å². The number of rotatable bonds is 33. The Kier molecular flexibility index (Phi) is 24.7. The van der Waals surface area contributed by atoms with Gasteiger partial charge in [0.2, 0.25) is 0 Å². The van der Waals surface area contributed by atoms with Gasteiger partial charge in [-0.2, -0.15) is 0 Å². The van der Waals surface area contributed by atoms with Crippen molar-refractivity contribution in [2.24, 2.45) is 0 Å². The maximum Gasteiger partial charge on any atom is 0.333 e. The van der Waals surface area contributed by atoms with E-state index in [1.807, 2.05) is 273 Å². The van der Waals surface area contributed by atoms with Gasteiger partial charge in [-0.05, 0) is 50.1 Å². The zero-order valence-corrected chi connectivity index (χ0v) is 49.2. The minimum absolute atomic E-state index is 0.157. The smallest absolute Gasteiger partial charge is 0.333 e. The van der Waals surface area contributed by atoms with E-state index in [0.29, 0.717) is 0 Å². The van der Waals surface area contributed by atoms with Crippen LogP contribution in [0.2, 0.25) is 0 Å². The van der Waals surface area contributed by atoms with Crippen molar-refractivity contribution in [2.75, 3.05) is 0 Å². The highest BCUT2D eigenvalue weighted by Gasteiger charge is 2.58. The third kappa shape index (κ3) is 19.7. The van der Waals surface area contributed by atoms with E-state index in [9.17, 15) is 0 Å². The number of ether oxygens (including phenoxy) is 3. The molecule has 1 fully saturated rings. The average Bonchev–Trinajstić information content (AvgIpc) is 2.17. The first-order chi connectivity index (χ1) is 41.6. The minimum atomic E-state index is -2.27.